The number of rotatable bonds is 6. The number of nitrogens with one attached hydrogen (secondary N) is 1. The molecule has 1 atom stereocenters. The maximum atomic E-state index is 12.5. The van der Waals surface area contributed by atoms with Gasteiger partial charge in [0.1, 0.15) is 5.65 Å². The molecule has 4 rings (SSSR count). The zero-order chi connectivity index (χ0) is 22.7. The van der Waals surface area contributed by atoms with Gasteiger partial charge in [-0.2, -0.15) is 4.98 Å². The van der Waals surface area contributed by atoms with E-state index in [1.807, 2.05) is 0 Å². The van der Waals surface area contributed by atoms with Crippen molar-refractivity contribution in [1.29, 1.82) is 0 Å². The minimum atomic E-state index is -0.0408. The summed E-state index contributed by atoms with van der Waals surface area (Å²) in [6, 6.07) is 12.1. The van der Waals surface area contributed by atoms with Crippen LogP contribution >= 0.6 is 0 Å². The Morgan fingerprint density at radius 2 is 1.81 bits per heavy atom. The molecule has 1 aliphatic heterocycles. The molecule has 1 N–H and O–H groups in total. The van der Waals surface area contributed by atoms with E-state index in [1.54, 1.807) is 22.9 Å². The van der Waals surface area contributed by atoms with Gasteiger partial charge in [0.25, 0.3) is 5.56 Å². The second-order valence-corrected chi connectivity index (χ2v) is 9.79. The Labute approximate surface area is 189 Å². The van der Waals surface area contributed by atoms with E-state index in [-0.39, 0.29) is 17.0 Å². The fraction of sp³-hybridized carbons (Fsp3) is 0.480. The summed E-state index contributed by atoms with van der Waals surface area (Å²) < 4.78 is 7.17. The number of aromatic nitrogens is 3. The second-order valence-electron chi connectivity index (χ2n) is 9.79. The van der Waals surface area contributed by atoms with E-state index in [1.165, 1.54) is 11.1 Å². The molecule has 0 bridgehead atoms. The monoisotopic (exact) mass is 435 g/mol. The molecule has 1 unspecified atom stereocenters. The molecule has 1 saturated heterocycles. The molecule has 0 saturated carbocycles. The highest BCUT2D eigenvalue weighted by Crippen LogP contribution is 2.21. The fourth-order valence-electron chi connectivity index (χ4n) is 3.97. The summed E-state index contributed by atoms with van der Waals surface area (Å²) >= 11 is 0. The molecule has 0 aliphatic carbocycles. The van der Waals surface area contributed by atoms with Gasteiger partial charge in [-0.3, -0.25) is 14.3 Å². The van der Waals surface area contributed by atoms with Gasteiger partial charge in [0, 0.05) is 43.8 Å². The first kappa shape index (κ1) is 22.4. The van der Waals surface area contributed by atoms with E-state index >= 15 is 0 Å². The van der Waals surface area contributed by atoms with Crippen LogP contribution < -0.4 is 10.9 Å². The molecule has 170 valence electrons. The second kappa shape index (κ2) is 9.38. The molecule has 7 heteroatoms. The van der Waals surface area contributed by atoms with Crippen LogP contribution in [0.25, 0.3) is 11.0 Å². The lowest BCUT2D eigenvalue weighted by atomic mass is 9.97. The quantitative estimate of drug-likeness (QED) is 0.634. The molecule has 7 nitrogen and oxygen atoms in total. The summed E-state index contributed by atoms with van der Waals surface area (Å²) in [6.07, 6.45) is 1.78. The smallest absolute Gasteiger partial charge is 0.252 e. The Morgan fingerprint density at radius 3 is 2.50 bits per heavy atom. The van der Waals surface area contributed by atoms with E-state index in [0.29, 0.717) is 18.1 Å². The van der Waals surface area contributed by atoms with Gasteiger partial charge in [-0.1, -0.05) is 45.0 Å². The Bertz CT molecular complexity index is 1110. The lowest BCUT2D eigenvalue weighted by Gasteiger charge is -2.26. The summed E-state index contributed by atoms with van der Waals surface area (Å²) in [5.74, 6) is 0.524. The first-order valence-electron chi connectivity index (χ1n) is 11.3. The van der Waals surface area contributed by atoms with Crippen LogP contribution in [0.2, 0.25) is 0 Å². The fourth-order valence-corrected chi connectivity index (χ4v) is 3.97. The van der Waals surface area contributed by atoms with Crippen molar-refractivity contribution in [1.82, 2.24) is 19.4 Å². The third-order valence-corrected chi connectivity index (χ3v) is 5.69. The van der Waals surface area contributed by atoms with Crippen molar-refractivity contribution in [2.24, 2.45) is 5.41 Å². The van der Waals surface area contributed by atoms with Gasteiger partial charge in [0.2, 0.25) is 5.95 Å². The summed E-state index contributed by atoms with van der Waals surface area (Å²) in [6.45, 7) is 13.6. The predicted molar refractivity (Wildman–Crippen MR) is 128 cm³/mol. The number of hydrogen-bond donors (Lipinski definition) is 1. The Morgan fingerprint density at radius 1 is 1.09 bits per heavy atom. The minimum Gasteiger partial charge on any atom is -0.379 e. The number of anilines is 1. The van der Waals surface area contributed by atoms with Crippen molar-refractivity contribution in [3.05, 3.63) is 64.1 Å². The van der Waals surface area contributed by atoms with Gasteiger partial charge >= 0.3 is 0 Å². The molecule has 1 aliphatic rings. The summed E-state index contributed by atoms with van der Waals surface area (Å²) in [5.41, 5.74) is 3.06. The number of pyridine rings is 1. The Kier molecular flexibility index (Phi) is 6.58. The molecule has 0 radical (unpaired) electrons. The number of ether oxygens (including phenoxy) is 1. The maximum absolute atomic E-state index is 12.5. The van der Waals surface area contributed by atoms with E-state index in [9.17, 15) is 4.79 Å². The highest BCUT2D eigenvalue weighted by molar-refractivity contribution is 5.75. The van der Waals surface area contributed by atoms with Crippen molar-refractivity contribution < 1.29 is 4.74 Å². The summed E-state index contributed by atoms with van der Waals surface area (Å²) in [4.78, 5) is 24.1. The van der Waals surface area contributed by atoms with Crippen LogP contribution in [0.5, 0.6) is 0 Å². The van der Waals surface area contributed by atoms with Crippen LogP contribution in [0.3, 0.4) is 0 Å². The molecule has 1 aromatic carbocycles. The van der Waals surface area contributed by atoms with Crippen molar-refractivity contribution in [2.75, 3.05) is 31.6 Å². The lowest BCUT2D eigenvalue weighted by molar-refractivity contribution is 0.0342. The zero-order valence-electron chi connectivity index (χ0n) is 19.5. The van der Waals surface area contributed by atoms with E-state index in [2.05, 4.69) is 67.2 Å². The van der Waals surface area contributed by atoms with Crippen LogP contribution in [0.15, 0.2) is 47.4 Å². The van der Waals surface area contributed by atoms with Crippen molar-refractivity contribution in [2.45, 2.75) is 46.8 Å². The van der Waals surface area contributed by atoms with Gasteiger partial charge in [0.05, 0.1) is 19.3 Å². The molecule has 0 amide bonds. The Hall–Kier alpha value is -2.77. The van der Waals surface area contributed by atoms with E-state index in [4.69, 9.17) is 9.72 Å². The van der Waals surface area contributed by atoms with E-state index in [0.717, 1.165) is 38.2 Å². The number of benzene rings is 1. The predicted octanol–water partition coefficient (Wildman–Crippen LogP) is 3.84. The Balaban J connectivity index is 1.50. The first-order valence-corrected chi connectivity index (χ1v) is 11.3. The standard InChI is InChI=1S/C25H33N5O2/c1-18(20-7-5-19(6-8-20)16-29-11-13-32-14-12-29)27-24-26-15-21-9-10-22(31)30(23(21)28-24)17-25(2,3)4/h5-10,15,18H,11-14,16-17H2,1-4H3,(H,26,27,28). The SMILES string of the molecule is CC(Nc1ncc2ccc(=O)n(CC(C)(C)C)c2n1)c1ccc(CN2CCOCC2)cc1. The van der Waals surface area contributed by atoms with Crippen molar-refractivity contribution >= 4 is 17.0 Å². The van der Waals surface area contributed by atoms with E-state index < -0.39 is 0 Å². The number of hydrogen-bond acceptors (Lipinski definition) is 6. The number of fused-ring (bicyclic) bond motifs is 1. The normalized spacial score (nSPS) is 16.2. The minimum absolute atomic E-state index is 0.0348. The van der Waals surface area contributed by atoms with Gasteiger partial charge in [-0.05, 0) is 29.5 Å². The zero-order valence-corrected chi connectivity index (χ0v) is 19.5. The topological polar surface area (TPSA) is 72.3 Å². The van der Waals surface area contributed by atoms with Gasteiger partial charge in [-0.15, -0.1) is 0 Å². The van der Waals surface area contributed by atoms with Crippen molar-refractivity contribution in [3.8, 4) is 0 Å². The summed E-state index contributed by atoms with van der Waals surface area (Å²) in [7, 11) is 0. The number of nitrogens with zero attached hydrogens (tertiary/aromatic N) is 4. The molecule has 1 fully saturated rings. The first-order chi connectivity index (χ1) is 15.3. The van der Waals surface area contributed by atoms with Crippen LogP contribution in [0.4, 0.5) is 5.95 Å². The molecule has 3 aromatic rings. The van der Waals surface area contributed by atoms with Gasteiger partial charge < -0.3 is 10.1 Å². The molecule has 0 spiro atoms. The largest absolute Gasteiger partial charge is 0.379 e. The average molecular weight is 436 g/mol. The molecular formula is C25H33N5O2. The highest BCUT2D eigenvalue weighted by Gasteiger charge is 2.16. The van der Waals surface area contributed by atoms with Crippen LogP contribution in [0, 0.1) is 5.41 Å². The van der Waals surface area contributed by atoms with Crippen LogP contribution in [-0.4, -0.2) is 45.7 Å². The molecule has 3 heterocycles. The third-order valence-electron chi connectivity index (χ3n) is 5.69. The third kappa shape index (κ3) is 5.53. The molecular weight excluding hydrogens is 402 g/mol. The highest BCUT2D eigenvalue weighted by atomic mass is 16.5. The lowest BCUT2D eigenvalue weighted by Crippen LogP contribution is -2.35. The van der Waals surface area contributed by atoms with Gasteiger partial charge in [0.15, 0.2) is 0 Å². The molecule has 2 aromatic heterocycles. The van der Waals surface area contributed by atoms with Crippen LogP contribution in [0.1, 0.15) is 44.9 Å². The summed E-state index contributed by atoms with van der Waals surface area (Å²) in [5, 5.41) is 4.26. The number of morpholine rings is 1. The molecule has 32 heavy (non-hydrogen) atoms. The van der Waals surface area contributed by atoms with Crippen molar-refractivity contribution in [3.63, 3.8) is 0 Å². The average Bonchev–Trinajstić information content (AvgIpc) is 2.76. The van der Waals surface area contributed by atoms with Gasteiger partial charge in [-0.25, -0.2) is 4.98 Å². The maximum Gasteiger partial charge on any atom is 0.252 e. The van der Waals surface area contributed by atoms with Crippen LogP contribution in [-0.2, 0) is 17.8 Å².